The Morgan fingerprint density at radius 2 is 2.00 bits per heavy atom. The summed E-state index contributed by atoms with van der Waals surface area (Å²) in [4.78, 5) is 2.22. The summed E-state index contributed by atoms with van der Waals surface area (Å²) in [6.45, 7) is 6.94. The van der Waals surface area contributed by atoms with Crippen molar-refractivity contribution in [1.82, 2.24) is 10.2 Å². The fourth-order valence-corrected chi connectivity index (χ4v) is 1.38. The van der Waals surface area contributed by atoms with Gasteiger partial charge in [-0.1, -0.05) is 6.92 Å². The minimum absolute atomic E-state index is 0.617. The first-order valence-electron chi connectivity index (χ1n) is 4.93. The van der Waals surface area contributed by atoms with Crippen LogP contribution in [0.4, 0.5) is 0 Å². The van der Waals surface area contributed by atoms with Gasteiger partial charge in [-0.05, 0) is 39.3 Å². The van der Waals surface area contributed by atoms with Gasteiger partial charge in [0.25, 0.3) is 0 Å². The molecule has 0 spiro atoms. The highest BCUT2D eigenvalue weighted by Gasteiger charge is 2.41. The molecule has 0 amide bonds. The van der Waals surface area contributed by atoms with Crippen molar-refractivity contribution in [1.29, 1.82) is 0 Å². The number of hydrogen-bond donors (Lipinski definition) is 1. The lowest BCUT2D eigenvalue weighted by atomic mass is 10.0. The van der Waals surface area contributed by atoms with Gasteiger partial charge in [-0.25, -0.2) is 0 Å². The van der Waals surface area contributed by atoms with Gasteiger partial charge < -0.3 is 10.2 Å². The van der Waals surface area contributed by atoms with Crippen LogP contribution in [0.1, 0.15) is 26.7 Å². The molecule has 1 rings (SSSR count). The molecule has 1 N–H and O–H groups in total. The average Bonchev–Trinajstić information content (AvgIpc) is 2.68. The predicted molar refractivity (Wildman–Crippen MR) is 53.4 cm³/mol. The van der Waals surface area contributed by atoms with Crippen LogP contribution < -0.4 is 5.32 Å². The van der Waals surface area contributed by atoms with Crippen molar-refractivity contribution < 1.29 is 0 Å². The van der Waals surface area contributed by atoms with Crippen molar-refractivity contribution in [2.45, 2.75) is 32.7 Å². The van der Waals surface area contributed by atoms with Crippen molar-refractivity contribution in [3.63, 3.8) is 0 Å². The third-order valence-corrected chi connectivity index (χ3v) is 3.09. The standard InChI is InChI=1S/C10H22N2/c1-9(10(2)5-6-10)11-7-8-12(3)4/h9,11H,5-8H2,1-4H3. The maximum atomic E-state index is 3.57. The van der Waals surface area contributed by atoms with E-state index in [0.29, 0.717) is 11.5 Å². The summed E-state index contributed by atoms with van der Waals surface area (Å²) in [5, 5.41) is 3.57. The SMILES string of the molecule is CC(NCCN(C)C)C1(C)CC1. The van der Waals surface area contributed by atoms with Crippen molar-refractivity contribution >= 4 is 0 Å². The lowest BCUT2D eigenvalue weighted by Gasteiger charge is -2.21. The van der Waals surface area contributed by atoms with Crippen LogP contribution in [0.2, 0.25) is 0 Å². The minimum atomic E-state index is 0.617. The largest absolute Gasteiger partial charge is 0.312 e. The lowest BCUT2D eigenvalue weighted by Crippen LogP contribution is -2.37. The molecule has 1 atom stereocenters. The number of hydrogen-bond acceptors (Lipinski definition) is 2. The smallest absolute Gasteiger partial charge is 0.0101 e. The Labute approximate surface area is 76.3 Å². The first kappa shape index (κ1) is 10.0. The van der Waals surface area contributed by atoms with Gasteiger partial charge in [-0.2, -0.15) is 0 Å². The quantitative estimate of drug-likeness (QED) is 0.669. The molecule has 2 nitrogen and oxygen atoms in total. The molecule has 12 heavy (non-hydrogen) atoms. The molecule has 1 saturated carbocycles. The van der Waals surface area contributed by atoms with Crippen LogP contribution in [0.15, 0.2) is 0 Å². The van der Waals surface area contributed by atoms with Gasteiger partial charge in [-0.3, -0.25) is 0 Å². The second-order valence-electron chi connectivity index (χ2n) is 4.63. The van der Waals surface area contributed by atoms with E-state index in [2.05, 4.69) is 38.2 Å². The number of nitrogens with zero attached hydrogens (tertiary/aromatic N) is 1. The zero-order valence-corrected chi connectivity index (χ0v) is 8.85. The molecule has 0 saturated heterocycles. The normalized spacial score (nSPS) is 22.8. The van der Waals surface area contributed by atoms with Crippen molar-refractivity contribution in [3.05, 3.63) is 0 Å². The highest BCUT2D eigenvalue weighted by atomic mass is 15.1. The molecule has 0 aromatic rings. The van der Waals surface area contributed by atoms with Crippen LogP contribution in [0.3, 0.4) is 0 Å². The summed E-state index contributed by atoms with van der Waals surface area (Å²) in [5.74, 6) is 0. The van der Waals surface area contributed by atoms with E-state index < -0.39 is 0 Å². The summed E-state index contributed by atoms with van der Waals surface area (Å²) in [5.41, 5.74) is 0.617. The molecule has 1 aliphatic carbocycles. The van der Waals surface area contributed by atoms with Crippen LogP contribution in [-0.2, 0) is 0 Å². The van der Waals surface area contributed by atoms with E-state index in [1.54, 1.807) is 0 Å². The second kappa shape index (κ2) is 3.75. The molecular weight excluding hydrogens is 148 g/mol. The first-order valence-corrected chi connectivity index (χ1v) is 4.93. The maximum Gasteiger partial charge on any atom is 0.0101 e. The Hall–Kier alpha value is -0.0800. The molecule has 1 aliphatic rings. The Balaban J connectivity index is 2.07. The zero-order valence-electron chi connectivity index (χ0n) is 8.85. The van der Waals surface area contributed by atoms with Crippen LogP contribution in [0, 0.1) is 5.41 Å². The molecule has 1 fully saturated rings. The van der Waals surface area contributed by atoms with E-state index in [1.165, 1.54) is 12.8 Å². The van der Waals surface area contributed by atoms with Crippen LogP contribution >= 0.6 is 0 Å². The van der Waals surface area contributed by atoms with Gasteiger partial charge in [0.05, 0.1) is 0 Å². The Bertz CT molecular complexity index is 139. The van der Waals surface area contributed by atoms with Crippen LogP contribution in [0.5, 0.6) is 0 Å². The molecule has 0 heterocycles. The van der Waals surface area contributed by atoms with E-state index in [-0.39, 0.29) is 0 Å². The highest BCUT2D eigenvalue weighted by Crippen LogP contribution is 2.47. The Morgan fingerprint density at radius 1 is 1.42 bits per heavy atom. The number of rotatable bonds is 5. The van der Waals surface area contributed by atoms with Crippen LogP contribution in [0.25, 0.3) is 0 Å². The zero-order chi connectivity index (χ0) is 9.19. The van der Waals surface area contributed by atoms with Crippen molar-refractivity contribution in [2.24, 2.45) is 5.41 Å². The van der Waals surface area contributed by atoms with E-state index in [1.807, 2.05) is 0 Å². The minimum Gasteiger partial charge on any atom is -0.312 e. The highest BCUT2D eigenvalue weighted by molar-refractivity contribution is 4.96. The molecule has 0 aliphatic heterocycles. The van der Waals surface area contributed by atoms with E-state index in [4.69, 9.17) is 0 Å². The van der Waals surface area contributed by atoms with Crippen molar-refractivity contribution in [3.8, 4) is 0 Å². The van der Waals surface area contributed by atoms with Gasteiger partial charge >= 0.3 is 0 Å². The van der Waals surface area contributed by atoms with Gasteiger partial charge in [0, 0.05) is 19.1 Å². The van der Waals surface area contributed by atoms with Gasteiger partial charge in [0.2, 0.25) is 0 Å². The third kappa shape index (κ3) is 2.76. The average molecular weight is 170 g/mol. The molecule has 1 unspecified atom stereocenters. The monoisotopic (exact) mass is 170 g/mol. The van der Waals surface area contributed by atoms with Crippen molar-refractivity contribution in [2.75, 3.05) is 27.2 Å². The Kier molecular flexibility index (Phi) is 3.13. The fraction of sp³-hybridized carbons (Fsp3) is 1.00. The van der Waals surface area contributed by atoms with Crippen LogP contribution in [-0.4, -0.2) is 38.1 Å². The third-order valence-electron chi connectivity index (χ3n) is 3.09. The summed E-state index contributed by atoms with van der Waals surface area (Å²) < 4.78 is 0. The van der Waals surface area contributed by atoms with E-state index in [9.17, 15) is 0 Å². The number of nitrogens with one attached hydrogen (secondary N) is 1. The Morgan fingerprint density at radius 3 is 2.42 bits per heavy atom. The summed E-state index contributed by atoms with van der Waals surface area (Å²) in [7, 11) is 4.23. The topological polar surface area (TPSA) is 15.3 Å². The molecule has 0 aromatic carbocycles. The van der Waals surface area contributed by atoms with E-state index in [0.717, 1.165) is 13.1 Å². The summed E-state index contributed by atoms with van der Waals surface area (Å²) in [6, 6.07) is 0.692. The maximum absolute atomic E-state index is 3.57. The molecule has 0 bridgehead atoms. The van der Waals surface area contributed by atoms with Gasteiger partial charge in [-0.15, -0.1) is 0 Å². The molecular formula is C10H22N2. The molecule has 0 aromatic heterocycles. The first-order chi connectivity index (χ1) is 5.54. The fourth-order valence-electron chi connectivity index (χ4n) is 1.38. The van der Waals surface area contributed by atoms with E-state index >= 15 is 0 Å². The number of likely N-dealkylation sites (N-methyl/N-ethyl adjacent to an activating group) is 1. The predicted octanol–water partition coefficient (Wildman–Crippen LogP) is 1.33. The molecule has 0 radical (unpaired) electrons. The summed E-state index contributed by atoms with van der Waals surface area (Å²) >= 11 is 0. The molecule has 72 valence electrons. The molecule has 2 heteroatoms. The van der Waals surface area contributed by atoms with Gasteiger partial charge in [0.1, 0.15) is 0 Å². The summed E-state index contributed by atoms with van der Waals surface area (Å²) in [6.07, 6.45) is 2.81. The van der Waals surface area contributed by atoms with Gasteiger partial charge in [0.15, 0.2) is 0 Å². The second-order valence-corrected chi connectivity index (χ2v) is 4.63. The lowest BCUT2D eigenvalue weighted by molar-refractivity contribution is 0.341.